The van der Waals surface area contributed by atoms with Crippen LogP contribution in [0.2, 0.25) is 0 Å². The average molecular weight is 296 g/mol. The van der Waals surface area contributed by atoms with Crippen molar-refractivity contribution in [3.63, 3.8) is 0 Å². The van der Waals surface area contributed by atoms with Crippen LogP contribution in [0.15, 0.2) is 24.3 Å². The Morgan fingerprint density at radius 3 is 1.50 bits per heavy atom. The molecule has 0 spiro atoms. The first-order valence-corrected chi connectivity index (χ1v) is 6.58. The van der Waals surface area contributed by atoms with Gasteiger partial charge in [0.25, 0.3) is 0 Å². The number of aromatic nitrogens is 2. The lowest BCUT2D eigenvalue weighted by Crippen LogP contribution is -2.07. The minimum atomic E-state index is -0.533. The Balaban J connectivity index is 2.58. The molecule has 3 rings (SSSR count). The molecule has 0 bridgehead atoms. The predicted octanol–water partition coefficient (Wildman–Crippen LogP) is 2.60. The van der Waals surface area contributed by atoms with Crippen molar-refractivity contribution >= 4 is 33.6 Å². The van der Waals surface area contributed by atoms with Crippen molar-refractivity contribution in [3.8, 4) is 11.5 Å². The Morgan fingerprint density at radius 2 is 1.18 bits per heavy atom. The average Bonchev–Trinajstić information content (AvgIpc) is 2.48. The van der Waals surface area contributed by atoms with Crippen molar-refractivity contribution in [2.24, 2.45) is 0 Å². The molecule has 0 saturated heterocycles. The Kier molecular flexibility index (Phi) is 3.02. The lowest BCUT2D eigenvalue weighted by Gasteiger charge is -2.12. The lowest BCUT2D eigenvalue weighted by molar-refractivity contribution is 0.0976. The number of benzene rings is 2. The van der Waals surface area contributed by atoms with Gasteiger partial charge >= 0.3 is 0 Å². The summed E-state index contributed by atoms with van der Waals surface area (Å²) in [5.74, 6) is -1.95. The molecule has 0 saturated carbocycles. The second-order valence-corrected chi connectivity index (χ2v) is 4.97. The summed E-state index contributed by atoms with van der Waals surface area (Å²) in [6, 6.07) is 6.92. The second-order valence-electron chi connectivity index (χ2n) is 4.97. The maximum Gasteiger partial charge on any atom is 0.164 e. The van der Waals surface area contributed by atoms with Crippen LogP contribution in [0.1, 0.15) is 34.6 Å². The Labute approximate surface area is 125 Å². The summed E-state index contributed by atoms with van der Waals surface area (Å²) >= 11 is 0. The van der Waals surface area contributed by atoms with Gasteiger partial charge in [0.1, 0.15) is 11.0 Å². The van der Waals surface area contributed by atoms with Crippen LogP contribution in [0.5, 0.6) is 11.5 Å². The molecule has 2 N–H and O–H groups in total. The molecule has 3 aromatic rings. The first kappa shape index (κ1) is 13.9. The van der Waals surface area contributed by atoms with Crippen molar-refractivity contribution in [1.29, 1.82) is 0 Å². The van der Waals surface area contributed by atoms with Gasteiger partial charge in [0, 0.05) is 0 Å². The third-order valence-corrected chi connectivity index (χ3v) is 3.45. The summed E-state index contributed by atoms with van der Waals surface area (Å²) in [5, 5.41) is 20.7. The van der Waals surface area contributed by atoms with Gasteiger partial charge in [0.2, 0.25) is 0 Å². The molecule has 110 valence electrons. The summed E-state index contributed by atoms with van der Waals surface area (Å²) in [7, 11) is 0. The summed E-state index contributed by atoms with van der Waals surface area (Å²) < 4.78 is 0. The minimum absolute atomic E-state index is 0.00796. The van der Waals surface area contributed by atoms with Gasteiger partial charge in [0.05, 0.1) is 22.2 Å². The van der Waals surface area contributed by atoms with Crippen molar-refractivity contribution in [3.05, 3.63) is 35.4 Å². The van der Waals surface area contributed by atoms with Crippen LogP contribution in [0.4, 0.5) is 0 Å². The minimum Gasteiger partial charge on any atom is -0.505 e. The number of phenols is 2. The molecule has 2 aromatic carbocycles. The molecular weight excluding hydrogens is 284 g/mol. The van der Waals surface area contributed by atoms with E-state index in [-0.39, 0.29) is 22.2 Å². The summed E-state index contributed by atoms with van der Waals surface area (Å²) in [6.07, 6.45) is 0. The highest BCUT2D eigenvalue weighted by molar-refractivity contribution is 6.16. The van der Waals surface area contributed by atoms with E-state index in [9.17, 15) is 19.8 Å². The number of carbonyl (C=O) groups excluding carboxylic acids is 2. The van der Waals surface area contributed by atoms with Crippen LogP contribution in [0.25, 0.3) is 22.1 Å². The summed E-state index contributed by atoms with van der Waals surface area (Å²) in [5.41, 5.74) is 0.534. The van der Waals surface area contributed by atoms with Gasteiger partial charge < -0.3 is 10.2 Å². The van der Waals surface area contributed by atoms with Crippen LogP contribution < -0.4 is 0 Å². The molecule has 0 atom stereocenters. The van der Waals surface area contributed by atoms with E-state index in [0.717, 1.165) is 0 Å². The molecule has 0 aliphatic rings. The van der Waals surface area contributed by atoms with E-state index in [2.05, 4.69) is 9.97 Å². The molecule has 6 heteroatoms. The molecular formula is C16H12N2O4. The number of carbonyl (C=O) groups is 2. The molecule has 0 aliphatic heterocycles. The number of ketones is 2. The zero-order chi connectivity index (χ0) is 16.0. The SMILES string of the molecule is CC(=O)c1c(C(C)=O)c(O)c2nc3ccccc3nc2c1O. The van der Waals surface area contributed by atoms with E-state index in [4.69, 9.17) is 0 Å². The fraction of sp³-hybridized carbons (Fsp3) is 0.125. The fourth-order valence-electron chi connectivity index (χ4n) is 2.49. The van der Waals surface area contributed by atoms with E-state index in [1.54, 1.807) is 24.3 Å². The topological polar surface area (TPSA) is 100 Å². The largest absolute Gasteiger partial charge is 0.505 e. The number of aromatic hydroxyl groups is 2. The Morgan fingerprint density at radius 1 is 0.818 bits per heavy atom. The summed E-state index contributed by atoms with van der Waals surface area (Å²) in [6.45, 7) is 2.42. The lowest BCUT2D eigenvalue weighted by atomic mass is 9.97. The van der Waals surface area contributed by atoms with Gasteiger partial charge in [-0.15, -0.1) is 0 Å². The molecule has 1 aromatic heterocycles. The van der Waals surface area contributed by atoms with E-state index >= 15 is 0 Å². The van der Waals surface area contributed by atoms with Crippen LogP contribution in [-0.2, 0) is 0 Å². The van der Waals surface area contributed by atoms with E-state index < -0.39 is 23.1 Å². The van der Waals surface area contributed by atoms with Gasteiger partial charge in [0.15, 0.2) is 23.1 Å². The number of Topliss-reactive ketones (excluding diaryl/α,β-unsaturated/α-hetero) is 2. The number of nitrogens with zero attached hydrogens (tertiary/aromatic N) is 2. The normalized spacial score (nSPS) is 11.0. The van der Waals surface area contributed by atoms with Crippen molar-refractivity contribution in [2.45, 2.75) is 13.8 Å². The van der Waals surface area contributed by atoms with Gasteiger partial charge in [-0.1, -0.05) is 12.1 Å². The monoisotopic (exact) mass is 296 g/mol. The zero-order valence-electron chi connectivity index (χ0n) is 11.9. The van der Waals surface area contributed by atoms with Gasteiger partial charge in [-0.25, -0.2) is 9.97 Å². The number of fused-ring (bicyclic) bond motifs is 2. The molecule has 0 unspecified atom stereocenters. The second kappa shape index (κ2) is 4.77. The van der Waals surface area contributed by atoms with Gasteiger partial charge in [-0.2, -0.15) is 0 Å². The standard InChI is InChI=1S/C16H12N2O4/c1-7(19)11-12(8(2)20)16(22)14-13(15(11)21)17-9-5-3-4-6-10(9)18-14/h3-6,21-22H,1-2H3. The van der Waals surface area contributed by atoms with Crippen LogP contribution in [-0.4, -0.2) is 31.7 Å². The first-order chi connectivity index (χ1) is 10.4. The molecule has 0 amide bonds. The third-order valence-electron chi connectivity index (χ3n) is 3.45. The third kappa shape index (κ3) is 1.88. The molecule has 22 heavy (non-hydrogen) atoms. The Bertz CT molecular complexity index is 885. The van der Waals surface area contributed by atoms with Crippen molar-refractivity contribution in [1.82, 2.24) is 9.97 Å². The molecule has 6 nitrogen and oxygen atoms in total. The maximum absolute atomic E-state index is 11.8. The van der Waals surface area contributed by atoms with Crippen molar-refractivity contribution < 1.29 is 19.8 Å². The van der Waals surface area contributed by atoms with E-state index in [1.165, 1.54) is 13.8 Å². The van der Waals surface area contributed by atoms with Crippen LogP contribution >= 0.6 is 0 Å². The molecule has 0 radical (unpaired) electrons. The molecule has 0 aliphatic carbocycles. The fourth-order valence-corrected chi connectivity index (χ4v) is 2.49. The highest BCUT2D eigenvalue weighted by atomic mass is 16.3. The summed E-state index contributed by atoms with van der Waals surface area (Å²) in [4.78, 5) is 32.1. The molecule has 1 heterocycles. The van der Waals surface area contributed by atoms with E-state index in [1.807, 2.05) is 0 Å². The van der Waals surface area contributed by atoms with Gasteiger partial charge in [-0.05, 0) is 26.0 Å². The molecule has 0 fully saturated rings. The number of phenolic OH excluding ortho intramolecular Hbond substituents is 2. The highest BCUT2D eigenvalue weighted by Crippen LogP contribution is 2.38. The van der Waals surface area contributed by atoms with Crippen LogP contribution in [0, 0.1) is 0 Å². The highest BCUT2D eigenvalue weighted by Gasteiger charge is 2.26. The zero-order valence-corrected chi connectivity index (χ0v) is 11.9. The van der Waals surface area contributed by atoms with E-state index in [0.29, 0.717) is 11.0 Å². The predicted molar refractivity (Wildman–Crippen MR) is 80.4 cm³/mol. The quantitative estimate of drug-likeness (QED) is 0.428. The first-order valence-electron chi connectivity index (χ1n) is 6.58. The van der Waals surface area contributed by atoms with Gasteiger partial charge in [-0.3, -0.25) is 9.59 Å². The number of hydrogen-bond acceptors (Lipinski definition) is 6. The smallest absolute Gasteiger partial charge is 0.164 e. The van der Waals surface area contributed by atoms with Crippen LogP contribution in [0.3, 0.4) is 0 Å². The Hall–Kier alpha value is -3.02. The number of hydrogen-bond donors (Lipinski definition) is 2. The number of rotatable bonds is 2. The number of para-hydroxylation sites is 2. The maximum atomic E-state index is 11.8. The van der Waals surface area contributed by atoms with Crippen molar-refractivity contribution in [2.75, 3.05) is 0 Å².